The van der Waals surface area contributed by atoms with E-state index in [0.29, 0.717) is 71.8 Å². The number of fused-ring (bicyclic) bond motifs is 3. The molecule has 1 saturated heterocycles. The molecule has 5 aromatic rings. The summed E-state index contributed by atoms with van der Waals surface area (Å²) in [5, 5.41) is 11.2. The first-order valence-electron chi connectivity index (χ1n) is 12.9. The van der Waals surface area contributed by atoms with E-state index in [0.717, 1.165) is 11.3 Å². The maximum atomic E-state index is 15.3. The van der Waals surface area contributed by atoms with E-state index in [2.05, 4.69) is 20.4 Å². The highest BCUT2D eigenvalue weighted by Gasteiger charge is 2.33. The molecule has 0 amide bonds. The van der Waals surface area contributed by atoms with Gasteiger partial charge in [0.25, 0.3) is 5.92 Å². The lowest BCUT2D eigenvalue weighted by Gasteiger charge is -2.40. The molecule has 6 rings (SSSR count). The molecule has 41 heavy (non-hydrogen) atoms. The van der Waals surface area contributed by atoms with Crippen LogP contribution in [0.1, 0.15) is 18.9 Å². The SMILES string of the molecule is CC(F)(F)c1cc(F)c(F)cc1-c1sc2c(ccc3[nH]ncc32)c1Oc1ccc(NC2CN(CCCF)C2)cc1F. The molecule has 2 aromatic heterocycles. The fourth-order valence-electron chi connectivity index (χ4n) is 5.07. The molecule has 0 saturated carbocycles. The van der Waals surface area contributed by atoms with Crippen molar-refractivity contribution in [1.29, 1.82) is 0 Å². The molecule has 3 aromatic carbocycles. The summed E-state index contributed by atoms with van der Waals surface area (Å²) >= 11 is 1.04. The van der Waals surface area contributed by atoms with Gasteiger partial charge in [-0.3, -0.25) is 14.4 Å². The minimum Gasteiger partial charge on any atom is -0.452 e. The van der Waals surface area contributed by atoms with E-state index in [1.54, 1.807) is 24.4 Å². The minimum atomic E-state index is -3.51. The molecule has 214 valence electrons. The molecule has 12 heteroatoms. The highest BCUT2D eigenvalue weighted by molar-refractivity contribution is 7.23. The molecule has 5 nitrogen and oxygen atoms in total. The Morgan fingerprint density at radius 1 is 1.05 bits per heavy atom. The highest BCUT2D eigenvalue weighted by Crippen LogP contribution is 2.51. The lowest BCUT2D eigenvalue weighted by Crippen LogP contribution is -2.54. The van der Waals surface area contributed by atoms with Crippen LogP contribution in [0.25, 0.3) is 31.4 Å². The van der Waals surface area contributed by atoms with Crippen LogP contribution in [-0.2, 0) is 5.92 Å². The van der Waals surface area contributed by atoms with E-state index in [1.165, 1.54) is 12.1 Å². The first-order valence-corrected chi connectivity index (χ1v) is 13.7. The van der Waals surface area contributed by atoms with Crippen molar-refractivity contribution in [3.05, 3.63) is 71.7 Å². The predicted octanol–water partition coefficient (Wildman–Crippen LogP) is 8.22. The molecule has 0 radical (unpaired) electrons. The molecule has 3 heterocycles. The van der Waals surface area contributed by atoms with E-state index >= 15 is 4.39 Å². The van der Waals surface area contributed by atoms with Gasteiger partial charge in [-0.2, -0.15) is 5.10 Å². The number of anilines is 1. The number of rotatable bonds is 9. The maximum absolute atomic E-state index is 15.3. The van der Waals surface area contributed by atoms with Crippen LogP contribution in [0.3, 0.4) is 0 Å². The summed E-state index contributed by atoms with van der Waals surface area (Å²) in [5.74, 6) is -7.06. The smallest absolute Gasteiger partial charge is 0.271 e. The van der Waals surface area contributed by atoms with E-state index in [9.17, 15) is 22.0 Å². The monoisotopic (exact) mass is 590 g/mol. The number of nitrogens with one attached hydrogen (secondary N) is 2. The number of benzene rings is 3. The summed E-state index contributed by atoms with van der Waals surface area (Å²) < 4.78 is 92.1. The van der Waals surface area contributed by atoms with E-state index in [-0.39, 0.29) is 34.7 Å². The van der Waals surface area contributed by atoms with Crippen molar-refractivity contribution in [3.8, 4) is 21.9 Å². The molecule has 0 atom stereocenters. The summed E-state index contributed by atoms with van der Waals surface area (Å²) in [4.78, 5) is 2.19. The molecule has 1 aliphatic heterocycles. The van der Waals surface area contributed by atoms with Crippen molar-refractivity contribution < 1.29 is 31.1 Å². The summed E-state index contributed by atoms with van der Waals surface area (Å²) in [6, 6.07) is 8.99. The van der Waals surface area contributed by atoms with Crippen LogP contribution in [0.15, 0.2) is 48.7 Å². The van der Waals surface area contributed by atoms with Gasteiger partial charge in [0, 0.05) is 64.9 Å². The first kappa shape index (κ1) is 27.4. The van der Waals surface area contributed by atoms with Crippen LogP contribution in [0, 0.1) is 17.5 Å². The number of aromatic nitrogens is 2. The second-order valence-electron chi connectivity index (χ2n) is 10.1. The molecule has 0 aliphatic carbocycles. The average molecular weight is 591 g/mol. The van der Waals surface area contributed by atoms with Crippen LogP contribution < -0.4 is 10.1 Å². The van der Waals surface area contributed by atoms with E-state index < -0.39 is 28.9 Å². The van der Waals surface area contributed by atoms with Crippen LogP contribution in [0.4, 0.5) is 32.0 Å². The fourth-order valence-corrected chi connectivity index (χ4v) is 6.34. The Labute approximate surface area is 234 Å². The second kappa shape index (κ2) is 10.6. The molecule has 1 fully saturated rings. The Kier molecular flexibility index (Phi) is 7.06. The quantitative estimate of drug-likeness (QED) is 0.170. The average Bonchev–Trinajstić information content (AvgIpc) is 3.52. The van der Waals surface area contributed by atoms with Crippen molar-refractivity contribution in [3.63, 3.8) is 0 Å². The van der Waals surface area contributed by atoms with Crippen molar-refractivity contribution in [2.45, 2.75) is 25.3 Å². The Balaban J connectivity index is 1.39. The molecule has 2 N–H and O–H groups in total. The van der Waals surface area contributed by atoms with Gasteiger partial charge in [-0.15, -0.1) is 11.3 Å². The number of aromatic amines is 1. The second-order valence-corrected chi connectivity index (χ2v) is 11.1. The van der Waals surface area contributed by atoms with Crippen LogP contribution >= 0.6 is 11.3 Å². The third-order valence-corrected chi connectivity index (χ3v) is 8.34. The van der Waals surface area contributed by atoms with Gasteiger partial charge in [-0.05, 0) is 42.8 Å². The third kappa shape index (κ3) is 5.21. The zero-order valence-corrected chi connectivity index (χ0v) is 22.5. The number of thiophene rings is 1. The van der Waals surface area contributed by atoms with Gasteiger partial charge in [-0.1, -0.05) is 0 Å². The predicted molar refractivity (Wildman–Crippen MR) is 147 cm³/mol. The Hall–Kier alpha value is -3.77. The minimum absolute atomic E-state index is 0.0340. The molecule has 1 aliphatic rings. The molecule has 0 spiro atoms. The highest BCUT2D eigenvalue weighted by atomic mass is 32.1. The van der Waals surface area contributed by atoms with Gasteiger partial charge in [0.1, 0.15) is 0 Å². The fraction of sp³-hybridized carbons (Fsp3) is 0.276. The summed E-state index contributed by atoms with van der Waals surface area (Å²) in [6.07, 6.45) is 2.03. The van der Waals surface area contributed by atoms with Gasteiger partial charge in [0.2, 0.25) is 0 Å². The Morgan fingerprint density at radius 2 is 1.83 bits per heavy atom. The lowest BCUT2D eigenvalue weighted by atomic mass is 9.99. The number of ether oxygens (including phenoxy) is 1. The summed E-state index contributed by atoms with van der Waals surface area (Å²) in [5.41, 5.74) is 0.209. The normalized spacial score (nSPS) is 14.6. The van der Waals surface area contributed by atoms with E-state index in [4.69, 9.17) is 4.74 Å². The summed E-state index contributed by atoms with van der Waals surface area (Å²) in [6.45, 7) is 2.32. The number of H-pyrrole nitrogens is 1. The number of likely N-dealkylation sites (tertiary alicyclic amines) is 1. The van der Waals surface area contributed by atoms with Gasteiger partial charge >= 0.3 is 0 Å². The van der Waals surface area contributed by atoms with Crippen LogP contribution in [0.2, 0.25) is 0 Å². The van der Waals surface area contributed by atoms with Crippen LogP contribution in [-0.4, -0.2) is 47.4 Å². The van der Waals surface area contributed by atoms with Gasteiger partial charge in [0.05, 0.1) is 29.3 Å². The van der Waals surface area contributed by atoms with Crippen molar-refractivity contribution in [1.82, 2.24) is 15.1 Å². The van der Waals surface area contributed by atoms with Crippen molar-refractivity contribution in [2.24, 2.45) is 0 Å². The van der Waals surface area contributed by atoms with Crippen molar-refractivity contribution >= 4 is 38.0 Å². The first-order chi connectivity index (χ1) is 19.6. The Bertz CT molecular complexity index is 1740. The topological polar surface area (TPSA) is 53.2 Å². The van der Waals surface area contributed by atoms with E-state index in [1.807, 2.05) is 0 Å². The molecule has 0 unspecified atom stereocenters. The van der Waals surface area contributed by atoms with Crippen molar-refractivity contribution in [2.75, 3.05) is 31.6 Å². The zero-order chi connectivity index (χ0) is 28.9. The maximum Gasteiger partial charge on any atom is 0.271 e. The summed E-state index contributed by atoms with van der Waals surface area (Å²) in [7, 11) is 0. The Morgan fingerprint density at radius 3 is 2.56 bits per heavy atom. The van der Waals surface area contributed by atoms with Gasteiger partial charge < -0.3 is 10.1 Å². The molecule has 0 bridgehead atoms. The number of nitrogens with zero attached hydrogens (tertiary/aromatic N) is 2. The number of halogens is 6. The van der Waals surface area contributed by atoms with Gasteiger partial charge in [-0.25, -0.2) is 22.0 Å². The standard InChI is InChI=1S/C29H24F6N4OS/c1-29(34,35)20-11-22(32)21(31)10-18(20)28-26(17-4-5-24-19(12-36-38-24)27(17)41-28)40-25-6-3-15(9-23(25)33)37-16-13-39(14-16)8-2-7-30/h3-6,9-12,16,37H,2,7-8,13-14H2,1H3,(H,36,38). The van der Waals surface area contributed by atoms with Crippen LogP contribution in [0.5, 0.6) is 11.5 Å². The number of hydrogen-bond acceptors (Lipinski definition) is 5. The molecular formula is C29H24F6N4OS. The number of alkyl halides is 3. The molecular weight excluding hydrogens is 566 g/mol. The number of hydrogen-bond donors (Lipinski definition) is 2. The third-order valence-electron chi connectivity index (χ3n) is 7.09. The zero-order valence-electron chi connectivity index (χ0n) is 21.7. The lowest BCUT2D eigenvalue weighted by molar-refractivity contribution is 0.0177. The van der Waals surface area contributed by atoms with Gasteiger partial charge in [0.15, 0.2) is 29.0 Å². The largest absolute Gasteiger partial charge is 0.452 e.